The molecular weight excluding hydrogens is 292 g/mol. The van der Waals surface area contributed by atoms with E-state index >= 15 is 0 Å². The molecule has 3 fully saturated rings. The van der Waals surface area contributed by atoms with Crippen LogP contribution in [0.4, 0.5) is 4.79 Å². The van der Waals surface area contributed by atoms with E-state index in [1.807, 2.05) is 6.92 Å². The van der Waals surface area contributed by atoms with E-state index in [1.54, 1.807) is 0 Å². The third-order valence-electron chi connectivity index (χ3n) is 5.35. The molecule has 0 aliphatic carbocycles. The van der Waals surface area contributed by atoms with Gasteiger partial charge in [-0.1, -0.05) is 12.2 Å². The standard InChI is InChI=1S/C17H28N4O2/c1-13(2)11-20-9-5-17(6-10-20)15(22)21(16(23)19-17)12-14-3-7-18-8-4-14/h14,18H,1,3-12H2,2H3,(H,19,23). The summed E-state index contributed by atoms with van der Waals surface area (Å²) in [6.07, 6.45) is 3.48. The molecule has 0 unspecified atom stereocenters. The maximum absolute atomic E-state index is 12.9. The molecule has 23 heavy (non-hydrogen) atoms. The molecule has 6 nitrogen and oxygen atoms in total. The van der Waals surface area contributed by atoms with Gasteiger partial charge in [0.1, 0.15) is 5.54 Å². The molecular formula is C17H28N4O2. The summed E-state index contributed by atoms with van der Waals surface area (Å²) in [6.45, 7) is 11.0. The summed E-state index contributed by atoms with van der Waals surface area (Å²) in [5.41, 5.74) is 0.477. The third-order valence-corrected chi connectivity index (χ3v) is 5.35. The van der Waals surface area contributed by atoms with Crippen LogP contribution in [0.15, 0.2) is 12.2 Å². The second-order valence-electron chi connectivity index (χ2n) is 7.35. The molecule has 2 N–H and O–H groups in total. The first-order valence-corrected chi connectivity index (χ1v) is 8.72. The zero-order valence-electron chi connectivity index (χ0n) is 14.1. The Labute approximate surface area is 138 Å². The quantitative estimate of drug-likeness (QED) is 0.598. The smallest absolute Gasteiger partial charge is 0.323 e. The summed E-state index contributed by atoms with van der Waals surface area (Å²) < 4.78 is 0. The van der Waals surface area contributed by atoms with Crippen LogP contribution in [0, 0.1) is 5.92 Å². The third kappa shape index (κ3) is 3.43. The minimum Gasteiger partial charge on any atom is -0.323 e. The van der Waals surface area contributed by atoms with Gasteiger partial charge >= 0.3 is 6.03 Å². The highest BCUT2D eigenvalue weighted by molar-refractivity contribution is 6.07. The van der Waals surface area contributed by atoms with Gasteiger partial charge < -0.3 is 10.6 Å². The van der Waals surface area contributed by atoms with Crippen molar-refractivity contribution >= 4 is 11.9 Å². The van der Waals surface area contributed by atoms with Crippen molar-refractivity contribution in [2.24, 2.45) is 5.92 Å². The molecule has 0 aromatic heterocycles. The molecule has 0 aromatic carbocycles. The first-order chi connectivity index (χ1) is 11.0. The molecule has 0 aromatic rings. The minimum atomic E-state index is -0.657. The highest BCUT2D eigenvalue weighted by Gasteiger charge is 2.52. The molecule has 3 aliphatic rings. The van der Waals surface area contributed by atoms with Gasteiger partial charge in [-0.3, -0.25) is 14.6 Å². The Kier molecular flexibility index (Phi) is 4.73. The lowest BCUT2D eigenvalue weighted by Gasteiger charge is -2.37. The first-order valence-electron chi connectivity index (χ1n) is 8.72. The number of rotatable bonds is 4. The van der Waals surface area contributed by atoms with Crippen molar-refractivity contribution in [3.63, 3.8) is 0 Å². The summed E-state index contributed by atoms with van der Waals surface area (Å²) >= 11 is 0. The normalized spacial score (nSPS) is 25.9. The Balaban J connectivity index is 1.61. The van der Waals surface area contributed by atoms with E-state index in [0.717, 1.165) is 51.1 Å². The van der Waals surface area contributed by atoms with E-state index in [1.165, 1.54) is 4.90 Å². The Bertz CT molecular complexity index is 491. The van der Waals surface area contributed by atoms with E-state index in [0.29, 0.717) is 25.3 Å². The summed E-state index contributed by atoms with van der Waals surface area (Å²) in [5.74, 6) is 0.431. The predicted octanol–water partition coefficient (Wildman–Crippen LogP) is 0.949. The number of urea groups is 1. The van der Waals surface area contributed by atoms with E-state index < -0.39 is 5.54 Å². The van der Waals surface area contributed by atoms with Crippen LogP contribution in [0.1, 0.15) is 32.6 Å². The van der Waals surface area contributed by atoms with Crippen molar-refractivity contribution in [1.29, 1.82) is 0 Å². The van der Waals surface area contributed by atoms with Crippen LogP contribution in [0.5, 0.6) is 0 Å². The zero-order chi connectivity index (χ0) is 16.4. The SMILES string of the molecule is C=C(C)CN1CCC2(CC1)NC(=O)N(CC1CCNCC1)C2=O. The molecule has 3 heterocycles. The fourth-order valence-corrected chi connectivity index (χ4v) is 3.98. The molecule has 0 saturated carbocycles. The number of hydrogen-bond donors (Lipinski definition) is 2. The van der Waals surface area contributed by atoms with Gasteiger partial charge in [-0.05, 0) is 51.6 Å². The fraction of sp³-hybridized carbons (Fsp3) is 0.765. The van der Waals surface area contributed by atoms with E-state index in [-0.39, 0.29) is 11.9 Å². The largest absolute Gasteiger partial charge is 0.325 e. The molecule has 0 radical (unpaired) electrons. The lowest BCUT2D eigenvalue weighted by molar-refractivity contribution is -0.133. The maximum Gasteiger partial charge on any atom is 0.325 e. The van der Waals surface area contributed by atoms with Crippen LogP contribution in [0.25, 0.3) is 0 Å². The first kappa shape index (κ1) is 16.5. The molecule has 3 saturated heterocycles. The number of hydrogen-bond acceptors (Lipinski definition) is 4. The number of likely N-dealkylation sites (tertiary alicyclic amines) is 1. The van der Waals surface area contributed by atoms with Gasteiger partial charge in [-0.15, -0.1) is 0 Å². The molecule has 3 aliphatic heterocycles. The number of carbonyl (C=O) groups is 2. The van der Waals surface area contributed by atoms with Gasteiger partial charge in [-0.2, -0.15) is 0 Å². The zero-order valence-corrected chi connectivity index (χ0v) is 14.1. The summed E-state index contributed by atoms with van der Waals surface area (Å²) in [7, 11) is 0. The molecule has 128 valence electrons. The van der Waals surface area contributed by atoms with Crippen LogP contribution in [0.2, 0.25) is 0 Å². The van der Waals surface area contributed by atoms with Crippen LogP contribution >= 0.6 is 0 Å². The molecule has 3 amide bonds. The van der Waals surface area contributed by atoms with Gasteiger partial charge in [0.25, 0.3) is 5.91 Å². The van der Waals surface area contributed by atoms with Crippen molar-refractivity contribution in [2.75, 3.05) is 39.3 Å². The predicted molar refractivity (Wildman–Crippen MR) is 89.1 cm³/mol. The Hall–Kier alpha value is -1.40. The van der Waals surface area contributed by atoms with Crippen LogP contribution in [-0.2, 0) is 4.79 Å². The number of nitrogens with zero attached hydrogens (tertiary/aromatic N) is 2. The monoisotopic (exact) mass is 320 g/mol. The summed E-state index contributed by atoms with van der Waals surface area (Å²) in [6, 6.07) is -0.193. The van der Waals surface area contributed by atoms with Crippen LogP contribution in [0.3, 0.4) is 0 Å². The minimum absolute atomic E-state index is 0.00370. The highest BCUT2D eigenvalue weighted by atomic mass is 16.2. The number of carbonyl (C=O) groups excluding carboxylic acids is 2. The fourth-order valence-electron chi connectivity index (χ4n) is 3.98. The van der Waals surface area contributed by atoms with Crippen molar-refractivity contribution in [1.82, 2.24) is 20.4 Å². The van der Waals surface area contributed by atoms with Crippen molar-refractivity contribution in [3.05, 3.63) is 12.2 Å². The second-order valence-corrected chi connectivity index (χ2v) is 7.35. The van der Waals surface area contributed by atoms with Crippen LogP contribution in [-0.4, -0.2) is 66.5 Å². The highest BCUT2D eigenvalue weighted by Crippen LogP contribution is 2.30. The number of imide groups is 1. The van der Waals surface area contributed by atoms with Crippen molar-refractivity contribution in [3.8, 4) is 0 Å². The average Bonchev–Trinajstić information content (AvgIpc) is 2.75. The van der Waals surface area contributed by atoms with Gasteiger partial charge in [0.15, 0.2) is 0 Å². The Morgan fingerprint density at radius 3 is 2.52 bits per heavy atom. The number of amides is 3. The van der Waals surface area contributed by atoms with E-state index in [2.05, 4.69) is 22.1 Å². The maximum atomic E-state index is 12.9. The van der Waals surface area contributed by atoms with E-state index in [4.69, 9.17) is 0 Å². The van der Waals surface area contributed by atoms with Gasteiger partial charge in [0, 0.05) is 26.2 Å². The molecule has 3 rings (SSSR count). The van der Waals surface area contributed by atoms with Gasteiger partial charge in [-0.25, -0.2) is 4.79 Å². The molecule has 6 heteroatoms. The number of piperidine rings is 2. The topological polar surface area (TPSA) is 64.7 Å². The summed E-state index contributed by atoms with van der Waals surface area (Å²) in [4.78, 5) is 29.0. The lowest BCUT2D eigenvalue weighted by Crippen LogP contribution is -2.55. The Morgan fingerprint density at radius 2 is 1.91 bits per heavy atom. The van der Waals surface area contributed by atoms with Crippen LogP contribution < -0.4 is 10.6 Å². The molecule has 1 spiro atoms. The Morgan fingerprint density at radius 1 is 1.26 bits per heavy atom. The molecule has 0 atom stereocenters. The van der Waals surface area contributed by atoms with Crippen molar-refractivity contribution < 1.29 is 9.59 Å². The second kappa shape index (κ2) is 6.61. The average molecular weight is 320 g/mol. The van der Waals surface area contributed by atoms with Crippen molar-refractivity contribution in [2.45, 2.75) is 38.1 Å². The van der Waals surface area contributed by atoms with E-state index in [9.17, 15) is 9.59 Å². The van der Waals surface area contributed by atoms with Gasteiger partial charge in [0.2, 0.25) is 0 Å². The molecule has 0 bridgehead atoms. The summed E-state index contributed by atoms with van der Waals surface area (Å²) in [5, 5.41) is 6.33. The van der Waals surface area contributed by atoms with Gasteiger partial charge in [0.05, 0.1) is 0 Å². The lowest BCUT2D eigenvalue weighted by atomic mass is 9.87. The number of nitrogens with one attached hydrogen (secondary N) is 2.